The van der Waals surface area contributed by atoms with E-state index in [2.05, 4.69) is 14.8 Å². The molecule has 1 saturated heterocycles. The number of aromatic nitrogens is 1. The van der Waals surface area contributed by atoms with Crippen molar-refractivity contribution in [3.05, 3.63) is 18.3 Å². The Kier molecular flexibility index (Phi) is 8.60. The van der Waals surface area contributed by atoms with Crippen molar-refractivity contribution in [2.45, 2.75) is 52.2 Å². The summed E-state index contributed by atoms with van der Waals surface area (Å²) in [5.41, 5.74) is -0.613. The summed E-state index contributed by atoms with van der Waals surface area (Å²) in [4.78, 5) is 8.94. The minimum absolute atomic E-state index is 0.257. The third kappa shape index (κ3) is 9.23. The number of hydrogen-bond donors (Lipinski definition) is 0. The van der Waals surface area contributed by atoms with E-state index in [1.807, 2.05) is 19.9 Å². The Morgan fingerprint density at radius 3 is 2.31 bits per heavy atom. The molecule has 6 nitrogen and oxygen atoms in total. The van der Waals surface area contributed by atoms with Crippen LogP contribution in [0.2, 0.25) is 0 Å². The zero-order valence-electron chi connectivity index (χ0n) is 18.3. The van der Waals surface area contributed by atoms with Crippen molar-refractivity contribution in [2.24, 2.45) is 0 Å². The lowest BCUT2D eigenvalue weighted by Gasteiger charge is -2.35. The Hall–Kier alpha value is -1.51. The Morgan fingerprint density at radius 1 is 1.07 bits per heavy atom. The number of pyridine rings is 1. The van der Waals surface area contributed by atoms with Crippen molar-refractivity contribution < 1.29 is 23.0 Å². The molecule has 1 aromatic heterocycles. The van der Waals surface area contributed by atoms with E-state index in [9.17, 15) is 8.78 Å². The molecule has 29 heavy (non-hydrogen) atoms. The van der Waals surface area contributed by atoms with Crippen molar-refractivity contribution in [3.63, 3.8) is 0 Å². The number of rotatable bonds is 10. The van der Waals surface area contributed by atoms with Crippen LogP contribution in [0.5, 0.6) is 5.75 Å². The Labute approximate surface area is 173 Å². The van der Waals surface area contributed by atoms with Crippen LogP contribution in [0.3, 0.4) is 0 Å². The van der Waals surface area contributed by atoms with E-state index >= 15 is 0 Å². The van der Waals surface area contributed by atoms with Gasteiger partial charge in [-0.15, -0.1) is 0 Å². The molecule has 1 aliphatic heterocycles. The topological polar surface area (TPSA) is 47.1 Å². The summed E-state index contributed by atoms with van der Waals surface area (Å²) >= 11 is 0. The van der Waals surface area contributed by atoms with Crippen molar-refractivity contribution in [1.29, 1.82) is 0 Å². The molecule has 0 radical (unpaired) electrons. The molecule has 0 amide bonds. The number of ether oxygens (including phenoxy) is 3. The molecule has 0 spiro atoms. The summed E-state index contributed by atoms with van der Waals surface area (Å²) in [6.45, 7) is 13.2. The van der Waals surface area contributed by atoms with Crippen LogP contribution >= 0.6 is 0 Å². The van der Waals surface area contributed by atoms with Gasteiger partial charge in [0.2, 0.25) is 0 Å². The lowest BCUT2D eigenvalue weighted by molar-refractivity contribution is -0.137. The molecule has 0 unspecified atom stereocenters. The van der Waals surface area contributed by atoms with Gasteiger partial charge in [-0.05, 0) is 46.8 Å². The highest BCUT2D eigenvalue weighted by atomic mass is 19.3. The molecular formula is C21H35F2N3O3. The van der Waals surface area contributed by atoms with Gasteiger partial charge in [-0.2, -0.15) is 0 Å². The van der Waals surface area contributed by atoms with Crippen LogP contribution in [-0.2, 0) is 9.47 Å². The fourth-order valence-corrected chi connectivity index (χ4v) is 2.82. The third-order valence-corrected chi connectivity index (χ3v) is 4.44. The maximum Gasteiger partial charge on any atom is 0.304 e. The van der Waals surface area contributed by atoms with Gasteiger partial charge in [-0.25, -0.2) is 13.8 Å². The fourth-order valence-electron chi connectivity index (χ4n) is 2.82. The highest BCUT2D eigenvalue weighted by Gasteiger charge is 2.32. The summed E-state index contributed by atoms with van der Waals surface area (Å²) in [7, 11) is 0. The number of nitrogens with zero attached hydrogens (tertiary/aromatic N) is 3. The second-order valence-electron chi connectivity index (χ2n) is 8.65. The molecule has 166 valence electrons. The van der Waals surface area contributed by atoms with Crippen molar-refractivity contribution in [3.8, 4) is 5.75 Å². The SMILES string of the molecule is CC(C)OCCN1CCN(c2ccc(OCC(F)(F)COC(C)(C)C)cn2)CC1. The van der Waals surface area contributed by atoms with Crippen molar-refractivity contribution in [2.75, 3.05) is 57.4 Å². The number of hydrogen-bond acceptors (Lipinski definition) is 6. The number of halogens is 2. The smallest absolute Gasteiger partial charge is 0.304 e. The number of piperazine rings is 1. The standard InChI is InChI=1S/C21H35F2N3O3/c1-17(2)27-13-12-25-8-10-26(11-9-25)19-7-6-18(14-24-19)28-15-21(22,23)16-29-20(3,4)5/h6-7,14,17H,8-13,15-16H2,1-5H3. The third-order valence-electron chi connectivity index (χ3n) is 4.44. The molecule has 0 aromatic carbocycles. The maximum atomic E-state index is 13.9. The number of anilines is 1. The Balaban J connectivity index is 1.75. The van der Waals surface area contributed by atoms with E-state index in [1.54, 1.807) is 26.8 Å². The minimum atomic E-state index is -3.05. The van der Waals surface area contributed by atoms with Crippen LogP contribution < -0.4 is 9.64 Å². The van der Waals surface area contributed by atoms with E-state index in [0.717, 1.165) is 45.1 Å². The first kappa shape index (κ1) is 23.8. The van der Waals surface area contributed by atoms with Gasteiger partial charge in [-0.1, -0.05) is 0 Å². The van der Waals surface area contributed by atoms with E-state index < -0.39 is 24.7 Å². The zero-order valence-corrected chi connectivity index (χ0v) is 18.3. The summed E-state index contributed by atoms with van der Waals surface area (Å²) in [5, 5.41) is 0. The number of alkyl halides is 2. The van der Waals surface area contributed by atoms with Crippen LogP contribution in [0.25, 0.3) is 0 Å². The molecule has 1 aromatic rings. The van der Waals surface area contributed by atoms with E-state index in [-0.39, 0.29) is 6.10 Å². The van der Waals surface area contributed by atoms with Crippen LogP contribution in [0, 0.1) is 0 Å². The summed E-state index contributed by atoms with van der Waals surface area (Å²) in [6.07, 6.45) is 1.76. The molecular weight excluding hydrogens is 380 g/mol. The van der Waals surface area contributed by atoms with Crippen LogP contribution in [0.15, 0.2) is 18.3 Å². The van der Waals surface area contributed by atoms with E-state index in [0.29, 0.717) is 5.75 Å². The molecule has 0 aliphatic carbocycles. The second kappa shape index (κ2) is 10.5. The average Bonchev–Trinajstić information content (AvgIpc) is 2.65. The first-order valence-electron chi connectivity index (χ1n) is 10.2. The highest BCUT2D eigenvalue weighted by Crippen LogP contribution is 2.22. The Morgan fingerprint density at radius 2 is 1.76 bits per heavy atom. The highest BCUT2D eigenvalue weighted by molar-refractivity contribution is 5.41. The van der Waals surface area contributed by atoms with Crippen LogP contribution in [-0.4, -0.2) is 80.1 Å². The van der Waals surface area contributed by atoms with Gasteiger partial charge >= 0.3 is 5.92 Å². The molecule has 0 N–H and O–H groups in total. The molecule has 1 fully saturated rings. The monoisotopic (exact) mass is 415 g/mol. The molecule has 2 rings (SSSR count). The van der Waals surface area contributed by atoms with Crippen LogP contribution in [0.4, 0.5) is 14.6 Å². The average molecular weight is 416 g/mol. The maximum absolute atomic E-state index is 13.9. The van der Waals surface area contributed by atoms with Gasteiger partial charge < -0.3 is 19.1 Å². The Bertz CT molecular complexity index is 598. The van der Waals surface area contributed by atoms with Gasteiger partial charge in [0.05, 0.1) is 24.5 Å². The normalized spacial score (nSPS) is 16.5. The van der Waals surface area contributed by atoms with Gasteiger partial charge in [0.15, 0.2) is 6.61 Å². The van der Waals surface area contributed by atoms with Gasteiger partial charge in [0.1, 0.15) is 18.2 Å². The minimum Gasteiger partial charge on any atom is -0.486 e. The predicted octanol–water partition coefficient (Wildman–Crippen LogP) is 3.46. The molecule has 0 saturated carbocycles. The van der Waals surface area contributed by atoms with Gasteiger partial charge in [0.25, 0.3) is 0 Å². The predicted molar refractivity (Wildman–Crippen MR) is 110 cm³/mol. The lowest BCUT2D eigenvalue weighted by Crippen LogP contribution is -2.47. The first-order valence-corrected chi connectivity index (χ1v) is 10.2. The molecule has 0 atom stereocenters. The second-order valence-corrected chi connectivity index (χ2v) is 8.65. The largest absolute Gasteiger partial charge is 0.486 e. The summed E-state index contributed by atoms with van der Waals surface area (Å²) < 4.78 is 43.8. The summed E-state index contributed by atoms with van der Waals surface area (Å²) in [5.74, 6) is -1.89. The lowest BCUT2D eigenvalue weighted by atomic mass is 10.2. The molecule has 0 bridgehead atoms. The van der Waals surface area contributed by atoms with Crippen molar-refractivity contribution >= 4 is 5.82 Å². The first-order chi connectivity index (χ1) is 13.5. The quantitative estimate of drug-likeness (QED) is 0.583. The van der Waals surface area contributed by atoms with E-state index in [1.165, 1.54) is 6.20 Å². The molecule has 1 aliphatic rings. The molecule has 8 heteroatoms. The van der Waals surface area contributed by atoms with Gasteiger partial charge in [0, 0.05) is 32.7 Å². The summed E-state index contributed by atoms with van der Waals surface area (Å²) in [6, 6.07) is 3.50. The molecule has 2 heterocycles. The fraction of sp³-hybridized carbons (Fsp3) is 0.762. The van der Waals surface area contributed by atoms with Crippen LogP contribution in [0.1, 0.15) is 34.6 Å². The zero-order chi connectivity index (χ0) is 21.5. The van der Waals surface area contributed by atoms with Gasteiger partial charge in [-0.3, -0.25) is 4.90 Å². The van der Waals surface area contributed by atoms with E-state index in [4.69, 9.17) is 14.2 Å². The van der Waals surface area contributed by atoms with Crippen molar-refractivity contribution in [1.82, 2.24) is 9.88 Å².